The first-order valence-electron chi connectivity index (χ1n) is 2.76. The fourth-order valence-electron chi connectivity index (χ4n) is 0.918. The van der Waals surface area contributed by atoms with E-state index >= 15 is 0 Å². The lowest BCUT2D eigenvalue weighted by Crippen LogP contribution is -2.21. The van der Waals surface area contributed by atoms with Gasteiger partial charge in [-0.25, -0.2) is 0 Å². The number of hydroxylamine groups is 2. The third-order valence-corrected chi connectivity index (χ3v) is 1.52. The van der Waals surface area contributed by atoms with Crippen molar-refractivity contribution in [2.75, 3.05) is 6.54 Å². The summed E-state index contributed by atoms with van der Waals surface area (Å²) in [6, 6.07) is 0.403. The predicted molar refractivity (Wildman–Crippen MR) is 27.2 cm³/mol. The van der Waals surface area contributed by atoms with E-state index in [1.807, 2.05) is 6.92 Å². The van der Waals surface area contributed by atoms with E-state index in [1.165, 1.54) is 5.06 Å². The predicted octanol–water partition coefficient (Wildman–Crippen LogP) is 0.860. The standard InChI is InChI=1S/C5H11NO/c1-5-3-2-4-6(5)7/h5,7H,2-4H2,1H3/t5-/m1/s1. The van der Waals surface area contributed by atoms with E-state index < -0.39 is 0 Å². The summed E-state index contributed by atoms with van der Waals surface area (Å²) in [6.07, 6.45) is 2.30. The Hall–Kier alpha value is -0.0800. The highest BCUT2D eigenvalue weighted by molar-refractivity contribution is 4.66. The molecule has 0 saturated carbocycles. The molecule has 0 unspecified atom stereocenters. The van der Waals surface area contributed by atoms with E-state index in [9.17, 15) is 0 Å². The molecule has 1 atom stereocenters. The number of nitrogens with zero attached hydrogens (tertiary/aromatic N) is 1. The van der Waals surface area contributed by atoms with Gasteiger partial charge in [-0.05, 0) is 19.8 Å². The van der Waals surface area contributed by atoms with Gasteiger partial charge in [0.25, 0.3) is 0 Å². The average Bonchev–Trinajstić information content (AvgIpc) is 1.91. The first-order valence-corrected chi connectivity index (χ1v) is 2.76. The molecular weight excluding hydrogens is 90.1 g/mol. The summed E-state index contributed by atoms with van der Waals surface area (Å²) < 4.78 is 0. The Labute approximate surface area is 43.7 Å². The van der Waals surface area contributed by atoms with Gasteiger partial charge in [-0.15, -0.1) is 0 Å². The van der Waals surface area contributed by atoms with Crippen molar-refractivity contribution < 1.29 is 5.21 Å². The van der Waals surface area contributed by atoms with Gasteiger partial charge in [0.15, 0.2) is 0 Å². The van der Waals surface area contributed by atoms with Crippen LogP contribution in [-0.4, -0.2) is 22.9 Å². The molecule has 1 aliphatic heterocycles. The van der Waals surface area contributed by atoms with Crippen molar-refractivity contribution in [1.82, 2.24) is 5.06 Å². The van der Waals surface area contributed by atoms with Crippen LogP contribution in [0.1, 0.15) is 19.8 Å². The van der Waals surface area contributed by atoms with Crippen molar-refractivity contribution in [3.8, 4) is 0 Å². The van der Waals surface area contributed by atoms with E-state index in [4.69, 9.17) is 5.21 Å². The van der Waals surface area contributed by atoms with E-state index in [2.05, 4.69) is 0 Å². The van der Waals surface area contributed by atoms with Crippen LogP contribution < -0.4 is 0 Å². The maximum Gasteiger partial charge on any atom is 0.0322 e. The van der Waals surface area contributed by atoms with Gasteiger partial charge in [0.05, 0.1) is 0 Å². The van der Waals surface area contributed by atoms with E-state index in [-0.39, 0.29) is 0 Å². The lowest BCUT2D eigenvalue weighted by Gasteiger charge is -2.09. The van der Waals surface area contributed by atoms with Gasteiger partial charge in [0.2, 0.25) is 0 Å². The van der Waals surface area contributed by atoms with E-state index in [0.29, 0.717) is 6.04 Å². The van der Waals surface area contributed by atoms with Crippen LogP contribution in [0.3, 0.4) is 0 Å². The monoisotopic (exact) mass is 101 g/mol. The van der Waals surface area contributed by atoms with E-state index in [0.717, 1.165) is 19.4 Å². The average molecular weight is 101 g/mol. The van der Waals surface area contributed by atoms with Crippen LogP contribution >= 0.6 is 0 Å². The lowest BCUT2D eigenvalue weighted by molar-refractivity contribution is -0.0969. The molecule has 1 N–H and O–H groups in total. The van der Waals surface area contributed by atoms with Gasteiger partial charge < -0.3 is 5.21 Å². The number of rotatable bonds is 0. The molecule has 0 amide bonds. The second-order valence-corrected chi connectivity index (χ2v) is 2.15. The largest absolute Gasteiger partial charge is 0.314 e. The van der Waals surface area contributed by atoms with Gasteiger partial charge >= 0.3 is 0 Å². The highest BCUT2D eigenvalue weighted by Gasteiger charge is 2.16. The summed E-state index contributed by atoms with van der Waals surface area (Å²) in [5.74, 6) is 0. The van der Waals surface area contributed by atoms with Crippen LogP contribution in [-0.2, 0) is 0 Å². The topological polar surface area (TPSA) is 23.5 Å². The summed E-state index contributed by atoms with van der Waals surface area (Å²) in [7, 11) is 0. The van der Waals surface area contributed by atoms with Gasteiger partial charge in [-0.3, -0.25) is 0 Å². The molecule has 0 spiro atoms. The Balaban J connectivity index is 2.33. The molecule has 2 nitrogen and oxygen atoms in total. The highest BCUT2D eigenvalue weighted by atomic mass is 16.5. The van der Waals surface area contributed by atoms with Crippen LogP contribution in [0.15, 0.2) is 0 Å². The summed E-state index contributed by atoms with van der Waals surface area (Å²) in [4.78, 5) is 0. The summed E-state index contributed by atoms with van der Waals surface area (Å²) in [5, 5.41) is 10.2. The minimum Gasteiger partial charge on any atom is -0.314 e. The highest BCUT2D eigenvalue weighted by Crippen LogP contribution is 2.12. The van der Waals surface area contributed by atoms with Crippen LogP contribution in [0.5, 0.6) is 0 Å². The molecule has 1 saturated heterocycles. The van der Waals surface area contributed by atoms with E-state index in [1.54, 1.807) is 0 Å². The molecular formula is C5H11NO. The molecule has 1 fully saturated rings. The SMILES string of the molecule is C[C@@H]1CCCN1O. The molecule has 0 aromatic carbocycles. The van der Waals surface area contributed by atoms with Gasteiger partial charge in [0, 0.05) is 12.6 Å². The van der Waals surface area contributed by atoms with Crippen molar-refractivity contribution in [2.24, 2.45) is 0 Å². The Morgan fingerprint density at radius 3 is 2.57 bits per heavy atom. The van der Waals surface area contributed by atoms with Crippen LogP contribution in [0.25, 0.3) is 0 Å². The maximum absolute atomic E-state index is 8.83. The number of hydrogen-bond donors (Lipinski definition) is 1. The number of hydrogen-bond acceptors (Lipinski definition) is 2. The van der Waals surface area contributed by atoms with Crippen molar-refractivity contribution in [3.63, 3.8) is 0 Å². The fourth-order valence-corrected chi connectivity index (χ4v) is 0.918. The first-order chi connectivity index (χ1) is 3.30. The Morgan fingerprint density at radius 2 is 2.43 bits per heavy atom. The Kier molecular flexibility index (Phi) is 1.30. The smallest absolute Gasteiger partial charge is 0.0322 e. The molecule has 42 valence electrons. The zero-order valence-electron chi connectivity index (χ0n) is 4.59. The Bertz CT molecular complexity index is 57.1. The second kappa shape index (κ2) is 1.80. The normalized spacial score (nSPS) is 34.3. The van der Waals surface area contributed by atoms with Gasteiger partial charge in [-0.2, -0.15) is 5.06 Å². The van der Waals surface area contributed by atoms with Gasteiger partial charge in [-0.1, -0.05) is 0 Å². The minimum absolute atomic E-state index is 0.403. The van der Waals surface area contributed by atoms with Crippen molar-refractivity contribution in [1.29, 1.82) is 0 Å². The molecule has 1 aliphatic rings. The summed E-state index contributed by atoms with van der Waals surface area (Å²) in [6.45, 7) is 2.90. The van der Waals surface area contributed by atoms with Crippen molar-refractivity contribution in [2.45, 2.75) is 25.8 Å². The zero-order valence-corrected chi connectivity index (χ0v) is 4.59. The lowest BCUT2D eigenvalue weighted by atomic mass is 10.3. The molecule has 0 aliphatic carbocycles. The third kappa shape index (κ3) is 0.924. The maximum atomic E-state index is 8.83. The summed E-state index contributed by atoms with van der Waals surface area (Å²) >= 11 is 0. The van der Waals surface area contributed by atoms with Crippen LogP contribution in [0.4, 0.5) is 0 Å². The second-order valence-electron chi connectivity index (χ2n) is 2.15. The van der Waals surface area contributed by atoms with Crippen molar-refractivity contribution >= 4 is 0 Å². The van der Waals surface area contributed by atoms with Crippen LogP contribution in [0, 0.1) is 0 Å². The molecule has 0 aromatic heterocycles. The quantitative estimate of drug-likeness (QED) is 0.489. The minimum atomic E-state index is 0.403. The third-order valence-electron chi connectivity index (χ3n) is 1.52. The molecule has 0 radical (unpaired) electrons. The Morgan fingerprint density at radius 1 is 1.71 bits per heavy atom. The van der Waals surface area contributed by atoms with Crippen molar-refractivity contribution in [3.05, 3.63) is 0 Å². The molecule has 2 heteroatoms. The molecule has 7 heavy (non-hydrogen) atoms. The first kappa shape index (κ1) is 5.06. The van der Waals surface area contributed by atoms with Crippen LogP contribution in [0.2, 0.25) is 0 Å². The summed E-state index contributed by atoms with van der Waals surface area (Å²) in [5.41, 5.74) is 0. The molecule has 0 bridgehead atoms. The fraction of sp³-hybridized carbons (Fsp3) is 1.00. The zero-order chi connectivity index (χ0) is 5.28. The molecule has 1 rings (SSSR count). The molecule has 1 heterocycles. The van der Waals surface area contributed by atoms with Gasteiger partial charge in [0.1, 0.15) is 0 Å². The molecule has 0 aromatic rings.